The lowest BCUT2D eigenvalue weighted by Crippen LogP contribution is -2.29. The lowest BCUT2D eigenvalue weighted by molar-refractivity contribution is 0.635. The van der Waals surface area contributed by atoms with Gasteiger partial charge >= 0.3 is 0 Å². The summed E-state index contributed by atoms with van der Waals surface area (Å²) in [5.74, 6) is 5.80. The van der Waals surface area contributed by atoms with E-state index < -0.39 is 0 Å². The van der Waals surface area contributed by atoms with Crippen LogP contribution in [0.2, 0.25) is 0 Å². The summed E-state index contributed by atoms with van der Waals surface area (Å²) in [6.07, 6.45) is 0. The maximum absolute atomic E-state index is 5.80. The second-order valence-electron chi connectivity index (χ2n) is 5.03. The molecular formula is C17H16IN3. The van der Waals surface area contributed by atoms with E-state index in [0.29, 0.717) is 0 Å². The van der Waals surface area contributed by atoms with Crippen LogP contribution in [0, 0.1) is 10.5 Å². The Bertz CT molecular complexity index is 786. The van der Waals surface area contributed by atoms with Gasteiger partial charge in [0.2, 0.25) is 0 Å². The maximum Gasteiger partial charge on any atom is 0.0720 e. The normalized spacial score (nSPS) is 12.5. The summed E-state index contributed by atoms with van der Waals surface area (Å²) >= 11 is 2.34. The maximum atomic E-state index is 5.80. The Morgan fingerprint density at radius 1 is 1.10 bits per heavy atom. The van der Waals surface area contributed by atoms with Gasteiger partial charge in [-0.05, 0) is 64.9 Å². The fourth-order valence-electron chi connectivity index (χ4n) is 2.50. The highest BCUT2D eigenvalue weighted by molar-refractivity contribution is 14.1. The van der Waals surface area contributed by atoms with Crippen molar-refractivity contribution in [2.75, 3.05) is 0 Å². The molecule has 0 spiro atoms. The Morgan fingerprint density at radius 2 is 1.90 bits per heavy atom. The third-order valence-electron chi connectivity index (χ3n) is 3.57. The van der Waals surface area contributed by atoms with Gasteiger partial charge in [0.1, 0.15) is 0 Å². The van der Waals surface area contributed by atoms with E-state index in [1.54, 1.807) is 0 Å². The van der Waals surface area contributed by atoms with Crippen LogP contribution in [0.5, 0.6) is 0 Å². The second kappa shape index (κ2) is 6.09. The molecule has 3 aromatic rings. The minimum absolute atomic E-state index is 0.0243. The molecule has 3 rings (SSSR count). The predicted octanol–water partition coefficient (Wildman–Crippen LogP) is 3.70. The summed E-state index contributed by atoms with van der Waals surface area (Å²) in [6, 6.07) is 18.7. The van der Waals surface area contributed by atoms with Crippen molar-refractivity contribution in [1.82, 2.24) is 10.4 Å². The van der Waals surface area contributed by atoms with Crippen LogP contribution in [0.3, 0.4) is 0 Å². The zero-order chi connectivity index (χ0) is 14.8. The first-order valence-electron chi connectivity index (χ1n) is 6.77. The molecule has 0 saturated heterocycles. The van der Waals surface area contributed by atoms with E-state index in [1.807, 2.05) is 25.1 Å². The smallest absolute Gasteiger partial charge is 0.0720 e. The number of hydrogen-bond acceptors (Lipinski definition) is 3. The van der Waals surface area contributed by atoms with E-state index in [1.165, 1.54) is 9.13 Å². The van der Waals surface area contributed by atoms with Crippen molar-refractivity contribution in [2.45, 2.75) is 13.0 Å². The number of halogens is 1. The molecule has 1 aromatic heterocycles. The highest BCUT2D eigenvalue weighted by atomic mass is 127. The molecule has 0 amide bonds. The molecule has 2 aromatic carbocycles. The molecule has 1 heterocycles. The van der Waals surface area contributed by atoms with Crippen LogP contribution < -0.4 is 11.3 Å². The third-order valence-corrected chi connectivity index (χ3v) is 4.55. The van der Waals surface area contributed by atoms with Gasteiger partial charge in [-0.15, -0.1) is 0 Å². The van der Waals surface area contributed by atoms with E-state index in [-0.39, 0.29) is 6.04 Å². The number of nitrogens with zero attached hydrogens (tertiary/aromatic N) is 1. The highest BCUT2D eigenvalue weighted by Gasteiger charge is 2.15. The van der Waals surface area contributed by atoms with Crippen molar-refractivity contribution >= 4 is 33.5 Å². The molecule has 106 valence electrons. The molecule has 0 fully saturated rings. The van der Waals surface area contributed by atoms with Gasteiger partial charge in [0.15, 0.2) is 0 Å². The van der Waals surface area contributed by atoms with Crippen LogP contribution in [0.1, 0.15) is 22.9 Å². The fraction of sp³-hybridized carbons (Fsp3) is 0.118. The second-order valence-corrected chi connectivity index (χ2v) is 6.19. The Labute approximate surface area is 137 Å². The highest BCUT2D eigenvalue weighted by Crippen LogP contribution is 2.27. The topological polar surface area (TPSA) is 50.9 Å². The minimum atomic E-state index is -0.0243. The molecule has 0 saturated carbocycles. The monoisotopic (exact) mass is 389 g/mol. The van der Waals surface area contributed by atoms with Gasteiger partial charge in [-0.3, -0.25) is 10.8 Å². The van der Waals surface area contributed by atoms with E-state index in [0.717, 1.165) is 22.2 Å². The fourth-order valence-corrected chi connectivity index (χ4v) is 3.20. The SMILES string of the molecule is Cc1ccc2cc(C(NN)c3ccccc3I)ccc2n1. The molecule has 4 heteroatoms. The molecule has 0 aliphatic rings. The average Bonchev–Trinajstić information content (AvgIpc) is 2.50. The third kappa shape index (κ3) is 2.92. The predicted molar refractivity (Wildman–Crippen MR) is 94.8 cm³/mol. The Kier molecular flexibility index (Phi) is 4.19. The van der Waals surface area contributed by atoms with Crippen molar-refractivity contribution < 1.29 is 0 Å². The van der Waals surface area contributed by atoms with Crippen molar-refractivity contribution in [3.63, 3.8) is 0 Å². The van der Waals surface area contributed by atoms with Gasteiger partial charge in [-0.25, -0.2) is 5.43 Å². The van der Waals surface area contributed by atoms with Gasteiger partial charge in [0.05, 0.1) is 11.6 Å². The van der Waals surface area contributed by atoms with E-state index >= 15 is 0 Å². The van der Waals surface area contributed by atoms with Crippen LogP contribution in [-0.4, -0.2) is 4.98 Å². The summed E-state index contributed by atoms with van der Waals surface area (Å²) in [5, 5.41) is 1.13. The summed E-state index contributed by atoms with van der Waals surface area (Å²) in [6.45, 7) is 2.00. The van der Waals surface area contributed by atoms with Crippen molar-refractivity contribution in [1.29, 1.82) is 0 Å². The van der Waals surface area contributed by atoms with Crippen molar-refractivity contribution in [3.05, 3.63) is 75.0 Å². The Hall–Kier alpha value is -1.50. The van der Waals surface area contributed by atoms with Crippen LogP contribution in [0.4, 0.5) is 0 Å². The number of benzene rings is 2. The molecule has 1 unspecified atom stereocenters. The van der Waals surface area contributed by atoms with Crippen molar-refractivity contribution in [2.24, 2.45) is 5.84 Å². The number of nitrogens with one attached hydrogen (secondary N) is 1. The number of nitrogens with two attached hydrogens (primary N) is 1. The Morgan fingerprint density at radius 3 is 2.67 bits per heavy atom. The quantitative estimate of drug-likeness (QED) is 0.408. The molecule has 0 aliphatic carbocycles. The number of hydrogen-bond donors (Lipinski definition) is 2. The van der Waals surface area contributed by atoms with Gasteiger partial charge in [0, 0.05) is 14.7 Å². The number of aromatic nitrogens is 1. The van der Waals surface area contributed by atoms with Gasteiger partial charge in [-0.1, -0.05) is 30.3 Å². The molecule has 21 heavy (non-hydrogen) atoms. The first-order chi connectivity index (χ1) is 10.2. The molecule has 1 atom stereocenters. The Balaban J connectivity index is 2.09. The van der Waals surface area contributed by atoms with Crippen LogP contribution in [-0.2, 0) is 0 Å². The first-order valence-corrected chi connectivity index (χ1v) is 7.85. The van der Waals surface area contributed by atoms with Crippen LogP contribution in [0.15, 0.2) is 54.6 Å². The van der Waals surface area contributed by atoms with E-state index in [9.17, 15) is 0 Å². The number of hydrazine groups is 1. The van der Waals surface area contributed by atoms with Crippen LogP contribution >= 0.6 is 22.6 Å². The number of rotatable bonds is 3. The zero-order valence-corrected chi connectivity index (χ0v) is 13.8. The summed E-state index contributed by atoms with van der Waals surface area (Å²) < 4.78 is 1.19. The number of aryl methyl sites for hydroxylation is 1. The van der Waals surface area contributed by atoms with Crippen LogP contribution in [0.25, 0.3) is 10.9 Å². The van der Waals surface area contributed by atoms with E-state index in [2.05, 4.69) is 69.4 Å². The number of fused-ring (bicyclic) bond motifs is 1. The minimum Gasteiger partial charge on any atom is -0.271 e. The van der Waals surface area contributed by atoms with E-state index in [4.69, 9.17) is 5.84 Å². The molecule has 0 bridgehead atoms. The average molecular weight is 389 g/mol. The first kappa shape index (κ1) is 14.4. The summed E-state index contributed by atoms with van der Waals surface area (Å²) in [4.78, 5) is 4.54. The zero-order valence-electron chi connectivity index (χ0n) is 11.7. The largest absolute Gasteiger partial charge is 0.271 e. The molecule has 0 aliphatic heterocycles. The molecular weight excluding hydrogens is 373 g/mol. The lowest BCUT2D eigenvalue weighted by atomic mass is 9.98. The summed E-state index contributed by atoms with van der Waals surface area (Å²) in [7, 11) is 0. The number of pyridine rings is 1. The lowest BCUT2D eigenvalue weighted by Gasteiger charge is -2.19. The van der Waals surface area contributed by atoms with Gasteiger partial charge in [-0.2, -0.15) is 0 Å². The standard InChI is InChI=1S/C17H16IN3/c1-11-6-7-12-10-13(8-9-16(12)20-11)17(21-19)14-4-2-3-5-15(14)18/h2-10,17,21H,19H2,1H3. The van der Waals surface area contributed by atoms with Crippen molar-refractivity contribution in [3.8, 4) is 0 Å². The molecule has 3 N–H and O–H groups in total. The van der Waals surface area contributed by atoms with Gasteiger partial charge in [0.25, 0.3) is 0 Å². The molecule has 3 nitrogen and oxygen atoms in total. The molecule has 0 radical (unpaired) electrons. The van der Waals surface area contributed by atoms with Gasteiger partial charge < -0.3 is 0 Å². The summed E-state index contributed by atoms with van der Waals surface area (Å²) in [5.41, 5.74) is 7.29.